The van der Waals surface area contributed by atoms with Gasteiger partial charge in [0.2, 0.25) is 11.8 Å². The van der Waals surface area contributed by atoms with Gasteiger partial charge in [0.25, 0.3) is 0 Å². The zero-order chi connectivity index (χ0) is 58.4. The van der Waals surface area contributed by atoms with E-state index in [0.29, 0.717) is 19.3 Å². The van der Waals surface area contributed by atoms with Crippen molar-refractivity contribution < 1.29 is 110 Å². The zero-order valence-corrected chi connectivity index (χ0v) is 46.4. The molecule has 36 heteroatoms. The summed E-state index contributed by atoms with van der Waals surface area (Å²) < 4.78 is 62.4. The van der Waals surface area contributed by atoms with Crippen molar-refractivity contribution in [2.75, 3.05) is 43.5 Å². The standard InChI is InChI=1S/C42H67N8O23P3S2/c1-42(2,22-70-76(67,68)73-75(65,66)69-20-28-35(72-74(62,63)64)34(57)40(71-28)50-24-49-33-37(44)47-23-48-38(33)50)36(58)39(59)46-16-15-30(53)45-17-18-77-32(56)19-25(51)11-8-6-4-3-5-7-9-13-29(78-21-26(43)41(60)61)27(52)12-10-14-31(54)55/h3-5,7,9,13,23-29,34-36,40,51-52,57-58H,6,8,10-12,14-22,43H2,1-2H3,(H,45,53)(H,46,59)(H,54,55)(H,60,61)(H,65,66)(H,67,68)(H2,44,47,48)(H2,62,63,64). The van der Waals surface area contributed by atoms with E-state index in [0.717, 1.165) is 40.7 Å². The minimum absolute atomic E-state index is 0.0104. The number of amides is 2. The predicted octanol–water partition coefficient (Wildman–Crippen LogP) is 0.384. The van der Waals surface area contributed by atoms with Crippen LogP contribution in [0.1, 0.15) is 71.4 Å². The SMILES string of the molecule is CC(C)(COP(=O)(O)OP(=O)(O)OCC1OC(n2cnc3c(N)ncnc32)C(O)C1OP(=O)(O)O)C(O)C(=O)NCCC(=O)NCCSC(=O)CC(O)CCCC=CC=CC=CC(SCC(N)C(=O)O)C(O)CCCC(=O)O. The molecule has 78 heavy (non-hydrogen) atoms. The molecule has 1 aliphatic rings. The second-order valence-corrected chi connectivity index (χ2v) is 24.5. The third-order valence-corrected chi connectivity index (χ3v) is 16.3. The maximum Gasteiger partial charge on any atom is 0.481 e. The van der Waals surface area contributed by atoms with Gasteiger partial charge in [-0.1, -0.05) is 62.1 Å². The summed E-state index contributed by atoms with van der Waals surface area (Å²) in [7, 11) is -16.5. The third kappa shape index (κ3) is 24.8. The summed E-state index contributed by atoms with van der Waals surface area (Å²) in [6.07, 6.45) is 3.13. The number of nitrogens with zero attached hydrogens (tertiary/aromatic N) is 4. The van der Waals surface area contributed by atoms with Gasteiger partial charge in [-0.15, -0.1) is 11.8 Å². The number of imidazole rings is 1. The molecule has 1 fully saturated rings. The Kier molecular flexibility index (Phi) is 28.3. The summed E-state index contributed by atoms with van der Waals surface area (Å²) in [5.41, 5.74) is 9.75. The predicted molar refractivity (Wildman–Crippen MR) is 278 cm³/mol. The Bertz CT molecular complexity index is 2560. The van der Waals surface area contributed by atoms with Crippen molar-refractivity contribution in [3.63, 3.8) is 0 Å². The molecule has 2 aromatic rings. The van der Waals surface area contributed by atoms with Crippen LogP contribution in [0.25, 0.3) is 11.2 Å². The van der Waals surface area contributed by atoms with Crippen molar-refractivity contribution >= 4 is 92.8 Å². The number of nitrogens with one attached hydrogen (secondary N) is 2. The monoisotopic (exact) mass is 1210 g/mol. The molecule has 31 nitrogen and oxygen atoms in total. The maximum absolute atomic E-state index is 12.8. The smallest absolute Gasteiger partial charge is 0.481 e. The summed E-state index contributed by atoms with van der Waals surface area (Å²) in [5.74, 6) is -3.55. The van der Waals surface area contributed by atoms with Crippen LogP contribution in [0.15, 0.2) is 49.1 Å². The van der Waals surface area contributed by atoms with Crippen molar-refractivity contribution in [2.24, 2.45) is 11.1 Å². The Morgan fingerprint density at radius 2 is 1.62 bits per heavy atom. The maximum atomic E-state index is 12.8. The molecule has 3 rings (SSSR count). The van der Waals surface area contributed by atoms with Crippen LogP contribution in [0.2, 0.25) is 0 Å². The van der Waals surface area contributed by atoms with Crippen molar-refractivity contribution in [1.29, 1.82) is 0 Å². The molecular formula is C42H67N8O23P3S2. The van der Waals surface area contributed by atoms with E-state index in [1.807, 2.05) is 6.08 Å². The van der Waals surface area contributed by atoms with Gasteiger partial charge >= 0.3 is 35.4 Å². The molecule has 11 unspecified atom stereocenters. The van der Waals surface area contributed by atoms with E-state index in [4.69, 9.17) is 35.5 Å². The number of hydrogen-bond donors (Lipinski definition) is 14. The Hall–Kier alpha value is -4.05. The molecule has 1 aliphatic heterocycles. The van der Waals surface area contributed by atoms with Crippen LogP contribution in [-0.4, -0.2) is 184 Å². The van der Waals surface area contributed by atoms with Crippen molar-refractivity contribution in [2.45, 2.75) is 119 Å². The van der Waals surface area contributed by atoms with Gasteiger partial charge in [-0.2, -0.15) is 4.31 Å². The Morgan fingerprint density at radius 1 is 0.923 bits per heavy atom. The molecule has 16 N–H and O–H groups in total. The molecule has 11 atom stereocenters. The van der Waals surface area contributed by atoms with Crippen LogP contribution in [-0.2, 0) is 60.3 Å². The summed E-state index contributed by atoms with van der Waals surface area (Å²) in [5, 5.41) is 64.4. The first-order valence-corrected chi connectivity index (χ1v) is 30.2. The molecule has 2 aromatic heterocycles. The Balaban J connectivity index is 1.32. The average Bonchev–Trinajstić information content (AvgIpc) is 3.91. The molecule has 0 aromatic carbocycles. The van der Waals surface area contributed by atoms with Crippen LogP contribution in [0, 0.1) is 5.41 Å². The van der Waals surface area contributed by atoms with E-state index in [1.165, 1.54) is 13.8 Å². The van der Waals surface area contributed by atoms with Crippen molar-refractivity contribution in [1.82, 2.24) is 30.2 Å². The lowest BCUT2D eigenvalue weighted by Gasteiger charge is -2.30. The van der Waals surface area contributed by atoms with Gasteiger partial charge in [0, 0.05) is 54.5 Å². The minimum atomic E-state index is -5.62. The first kappa shape index (κ1) is 68.2. The van der Waals surface area contributed by atoms with Crippen LogP contribution in [0.3, 0.4) is 0 Å². The highest BCUT2D eigenvalue weighted by Crippen LogP contribution is 2.61. The molecule has 440 valence electrons. The van der Waals surface area contributed by atoms with Gasteiger partial charge in [-0.25, -0.2) is 28.6 Å². The third-order valence-electron chi connectivity index (χ3n) is 10.9. The first-order valence-electron chi connectivity index (χ1n) is 23.6. The number of phosphoric ester groups is 3. The number of nitrogen functional groups attached to an aromatic ring is 1. The number of anilines is 1. The number of carboxylic acids is 2. The number of carbonyl (C=O) groups is 5. The van der Waals surface area contributed by atoms with Gasteiger partial charge < -0.3 is 77.1 Å². The lowest BCUT2D eigenvalue weighted by molar-refractivity contribution is -0.138. The number of aliphatic hydroxyl groups is 4. The van der Waals surface area contributed by atoms with Crippen LogP contribution < -0.4 is 22.1 Å². The number of carbonyl (C=O) groups excluding carboxylic acids is 3. The van der Waals surface area contributed by atoms with Gasteiger partial charge in [0.1, 0.15) is 42.3 Å². The topological polar surface area (TPSA) is 505 Å². The average molecular weight is 1210 g/mol. The number of phosphoric acid groups is 3. The lowest BCUT2D eigenvalue weighted by atomic mass is 9.87. The van der Waals surface area contributed by atoms with Gasteiger partial charge in [-0.05, 0) is 32.1 Å². The number of ether oxygens (including phenoxy) is 1. The molecular weight excluding hydrogens is 1140 g/mol. The van der Waals surface area contributed by atoms with E-state index >= 15 is 0 Å². The van der Waals surface area contributed by atoms with Crippen LogP contribution in [0.5, 0.6) is 0 Å². The lowest BCUT2D eigenvalue weighted by Crippen LogP contribution is -2.46. The normalized spacial score (nSPS) is 20.8. The van der Waals surface area contributed by atoms with Gasteiger partial charge in [0.15, 0.2) is 22.8 Å². The molecule has 0 aliphatic carbocycles. The summed E-state index contributed by atoms with van der Waals surface area (Å²) in [6.45, 7) is 0.146. The molecule has 0 spiro atoms. The quantitative estimate of drug-likeness (QED) is 0.0247. The zero-order valence-electron chi connectivity index (χ0n) is 42.1. The number of nitrogens with two attached hydrogens (primary N) is 2. The van der Waals surface area contributed by atoms with E-state index in [9.17, 15) is 77.7 Å². The van der Waals surface area contributed by atoms with Gasteiger partial charge in [0.05, 0.1) is 31.7 Å². The highest BCUT2D eigenvalue weighted by molar-refractivity contribution is 8.13. The minimum Gasteiger partial charge on any atom is -0.481 e. The summed E-state index contributed by atoms with van der Waals surface area (Å²) in [6, 6.07) is -1.13. The molecule has 0 saturated carbocycles. The molecule has 1 saturated heterocycles. The number of aromatic nitrogens is 4. The molecule has 0 radical (unpaired) electrons. The van der Waals surface area contributed by atoms with E-state index < -0.39 is 120 Å². The summed E-state index contributed by atoms with van der Waals surface area (Å²) >= 11 is 2.06. The van der Waals surface area contributed by atoms with E-state index in [-0.39, 0.29) is 78.8 Å². The fraction of sp³-hybridized carbons (Fsp3) is 0.619. The number of aliphatic carboxylic acids is 2. The number of aliphatic hydroxyl groups excluding tert-OH is 4. The fourth-order valence-corrected chi connectivity index (χ4v) is 11.5. The van der Waals surface area contributed by atoms with E-state index in [1.54, 1.807) is 30.4 Å². The second kappa shape index (κ2) is 32.4. The van der Waals surface area contributed by atoms with Crippen molar-refractivity contribution in [3.8, 4) is 0 Å². The number of carboxylic acid groups (broad SMARTS) is 2. The highest BCUT2D eigenvalue weighted by atomic mass is 32.2. The van der Waals surface area contributed by atoms with Crippen molar-refractivity contribution in [3.05, 3.63) is 49.1 Å². The molecule has 0 bridgehead atoms. The number of allylic oxidation sites excluding steroid dienone is 5. The van der Waals surface area contributed by atoms with E-state index in [2.05, 4.69) is 34.4 Å². The number of rotatable bonds is 37. The number of hydrogen-bond acceptors (Lipinski definition) is 24. The van der Waals surface area contributed by atoms with Crippen LogP contribution >= 0.6 is 47.0 Å². The molecule has 2 amide bonds. The first-order chi connectivity index (χ1) is 36.4. The fourth-order valence-electron chi connectivity index (χ4n) is 6.80. The highest BCUT2D eigenvalue weighted by Gasteiger charge is 2.50. The Labute approximate surface area is 455 Å². The second-order valence-electron chi connectivity index (χ2n) is 17.9. The largest absolute Gasteiger partial charge is 0.481 e. The molecule has 3 heterocycles. The number of thioether (sulfide) groups is 2. The van der Waals surface area contributed by atoms with Crippen LogP contribution in [0.4, 0.5) is 5.82 Å². The summed E-state index contributed by atoms with van der Waals surface area (Å²) in [4.78, 5) is 110. The Morgan fingerprint density at radius 3 is 2.29 bits per heavy atom. The number of unbranched alkanes of at least 4 members (excludes halogenated alkanes) is 1. The van der Waals surface area contributed by atoms with Gasteiger partial charge in [-0.3, -0.25) is 42.1 Å². The number of fused-ring (bicyclic) bond motifs is 1.